The standard InChI is InChI=1S/C20H19ClN4O2/c1-12-5-4-6-15(13(12)2)23-19(26)16-9-10-22-20(24-16)25-17-11-14(21)7-8-18(17)27-3/h4-11H,1-3H3,(H,23,26)(H,22,24,25). The topological polar surface area (TPSA) is 76.1 Å². The number of ether oxygens (including phenoxy) is 1. The van der Waals surface area contributed by atoms with Crippen molar-refractivity contribution in [2.45, 2.75) is 13.8 Å². The zero-order valence-corrected chi connectivity index (χ0v) is 16.0. The summed E-state index contributed by atoms with van der Waals surface area (Å²) < 4.78 is 5.30. The van der Waals surface area contributed by atoms with Gasteiger partial charge in [-0.2, -0.15) is 0 Å². The average Bonchev–Trinajstić information content (AvgIpc) is 2.66. The molecule has 0 spiro atoms. The molecular formula is C20H19ClN4O2. The minimum atomic E-state index is -0.313. The first-order chi connectivity index (χ1) is 13.0. The first-order valence-electron chi connectivity index (χ1n) is 8.29. The predicted octanol–water partition coefficient (Wildman–Crippen LogP) is 4.75. The first-order valence-corrected chi connectivity index (χ1v) is 8.67. The summed E-state index contributed by atoms with van der Waals surface area (Å²) in [5.41, 5.74) is 3.73. The van der Waals surface area contributed by atoms with E-state index >= 15 is 0 Å². The van der Waals surface area contributed by atoms with Gasteiger partial charge < -0.3 is 15.4 Å². The minimum absolute atomic E-state index is 0.245. The molecule has 0 fully saturated rings. The second-order valence-electron chi connectivity index (χ2n) is 5.94. The lowest BCUT2D eigenvalue weighted by molar-refractivity contribution is 0.102. The highest BCUT2D eigenvalue weighted by Crippen LogP contribution is 2.29. The normalized spacial score (nSPS) is 10.4. The monoisotopic (exact) mass is 382 g/mol. The van der Waals surface area contributed by atoms with E-state index in [9.17, 15) is 4.79 Å². The fourth-order valence-electron chi connectivity index (χ4n) is 2.52. The summed E-state index contributed by atoms with van der Waals surface area (Å²) in [5, 5.41) is 6.46. The molecule has 0 saturated heterocycles. The maximum Gasteiger partial charge on any atom is 0.274 e. The highest BCUT2D eigenvalue weighted by atomic mass is 35.5. The number of nitrogens with one attached hydrogen (secondary N) is 2. The third-order valence-electron chi connectivity index (χ3n) is 4.15. The van der Waals surface area contributed by atoms with Crippen LogP contribution in [-0.2, 0) is 0 Å². The summed E-state index contributed by atoms with van der Waals surface area (Å²) in [7, 11) is 1.56. The number of halogens is 1. The minimum Gasteiger partial charge on any atom is -0.495 e. The Bertz CT molecular complexity index is 991. The maximum absolute atomic E-state index is 12.6. The summed E-state index contributed by atoms with van der Waals surface area (Å²) in [6.07, 6.45) is 1.52. The number of aromatic nitrogens is 2. The van der Waals surface area contributed by atoms with E-state index in [1.54, 1.807) is 31.4 Å². The fourth-order valence-corrected chi connectivity index (χ4v) is 2.69. The summed E-state index contributed by atoms with van der Waals surface area (Å²) in [4.78, 5) is 21.0. The van der Waals surface area contributed by atoms with Crippen molar-refractivity contribution >= 4 is 34.8 Å². The highest BCUT2D eigenvalue weighted by molar-refractivity contribution is 6.31. The third kappa shape index (κ3) is 4.35. The lowest BCUT2D eigenvalue weighted by Crippen LogP contribution is -2.15. The summed E-state index contributed by atoms with van der Waals surface area (Å²) >= 11 is 6.04. The fraction of sp³-hybridized carbons (Fsp3) is 0.150. The van der Waals surface area contributed by atoms with Gasteiger partial charge in [0.05, 0.1) is 12.8 Å². The van der Waals surface area contributed by atoms with Gasteiger partial charge in [0.1, 0.15) is 11.4 Å². The number of nitrogens with zero attached hydrogens (tertiary/aromatic N) is 2. The number of methoxy groups -OCH3 is 1. The molecule has 3 rings (SSSR count). The number of benzene rings is 2. The molecule has 27 heavy (non-hydrogen) atoms. The highest BCUT2D eigenvalue weighted by Gasteiger charge is 2.12. The molecule has 1 amide bonds. The van der Waals surface area contributed by atoms with Crippen molar-refractivity contribution in [1.29, 1.82) is 0 Å². The van der Waals surface area contributed by atoms with Gasteiger partial charge in [-0.25, -0.2) is 9.97 Å². The summed E-state index contributed by atoms with van der Waals surface area (Å²) in [5.74, 6) is 0.546. The average molecular weight is 383 g/mol. The maximum atomic E-state index is 12.6. The second kappa shape index (κ2) is 8.05. The van der Waals surface area contributed by atoms with Gasteiger partial charge in [0.15, 0.2) is 0 Å². The van der Waals surface area contributed by atoms with Crippen LogP contribution in [0.3, 0.4) is 0 Å². The molecule has 0 unspecified atom stereocenters. The lowest BCUT2D eigenvalue weighted by atomic mass is 10.1. The molecule has 1 aromatic heterocycles. The smallest absolute Gasteiger partial charge is 0.274 e. The molecule has 0 bridgehead atoms. The zero-order valence-electron chi connectivity index (χ0n) is 15.2. The number of hydrogen-bond donors (Lipinski definition) is 2. The van der Waals surface area contributed by atoms with Gasteiger partial charge in [-0.15, -0.1) is 0 Å². The molecule has 0 radical (unpaired) electrons. The quantitative estimate of drug-likeness (QED) is 0.665. The molecule has 7 heteroatoms. The second-order valence-corrected chi connectivity index (χ2v) is 6.37. The van der Waals surface area contributed by atoms with Crippen LogP contribution in [0.15, 0.2) is 48.7 Å². The number of rotatable bonds is 5. The van der Waals surface area contributed by atoms with Crippen LogP contribution in [-0.4, -0.2) is 23.0 Å². The molecule has 0 aliphatic carbocycles. The van der Waals surface area contributed by atoms with Crippen molar-refractivity contribution < 1.29 is 9.53 Å². The molecule has 3 aromatic rings. The largest absolute Gasteiger partial charge is 0.495 e. The van der Waals surface area contributed by atoms with Gasteiger partial charge in [-0.05, 0) is 55.3 Å². The third-order valence-corrected chi connectivity index (χ3v) is 4.38. The number of aryl methyl sites for hydroxylation is 1. The van der Waals surface area contributed by atoms with E-state index in [2.05, 4.69) is 20.6 Å². The van der Waals surface area contributed by atoms with Gasteiger partial charge in [0, 0.05) is 16.9 Å². The molecule has 0 aliphatic rings. The van der Waals surface area contributed by atoms with Crippen molar-refractivity contribution in [3.63, 3.8) is 0 Å². The molecule has 6 nitrogen and oxygen atoms in total. The Kier molecular flexibility index (Phi) is 5.57. The number of anilines is 3. The van der Waals surface area contributed by atoms with Crippen LogP contribution in [0.25, 0.3) is 0 Å². The van der Waals surface area contributed by atoms with Crippen molar-refractivity contribution in [2.75, 3.05) is 17.7 Å². The van der Waals surface area contributed by atoms with Gasteiger partial charge in [0.2, 0.25) is 5.95 Å². The van der Waals surface area contributed by atoms with Crippen LogP contribution in [0, 0.1) is 13.8 Å². The van der Waals surface area contributed by atoms with Gasteiger partial charge >= 0.3 is 0 Å². The molecule has 138 valence electrons. The van der Waals surface area contributed by atoms with Crippen LogP contribution in [0.5, 0.6) is 5.75 Å². The number of carbonyl (C=O) groups excluding carboxylic acids is 1. The van der Waals surface area contributed by atoms with Gasteiger partial charge in [-0.3, -0.25) is 4.79 Å². The van der Waals surface area contributed by atoms with E-state index in [1.165, 1.54) is 6.20 Å². The van der Waals surface area contributed by atoms with Crippen molar-refractivity contribution in [3.8, 4) is 5.75 Å². The van der Waals surface area contributed by atoms with Crippen LogP contribution in [0.2, 0.25) is 5.02 Å². The summed E-state index contributed by atoms with van der Waals surface area (Å²) in [6, 6.07) is 12.5. The SMILES string of the molecule is COc1ccc(Cl)cc1Nc1nccc(C(=O)Nc2cccc(C)c2C)n1. The molecule has 1 heterocycles. The van der Waals surface area contributed by atoms with E-state index in [0.29, 0.717) is 16.5 Å². The molecular weight excluding hydrogens is 364 g/mol. The Hall–Kier alpha value is -3.12. The van der Waals surface area contributed by atoms with Crippen LogP contribution >= 0.6 is 11.6 Å². The van der Waals surface area contributed by atoms with Gasteiger partial charge in [0.25, 0.3) is 5.91 Å². The molecule has 2 N–H and O–H groups in total. The Balaban J connectivity index is 1.82. The first kappa shape index (κ1) is 18.7. The Morgan fingerprint density at radius 1 is 1.11 bits per heavy atom. The summed E-state index contributed by atoms with van der Waals surface area (Å²) in [6.45, 7) is 3.96. The van der Waals surface area contributed by atoms with Crippen LogP contribution < -0.4 is 15.4 Å². The molecule has 2 aromatic carbocycles. The molecule has 0 saturated carbocycles. The number of carbonyl (C=O) groups is 1. The zero-order chi connectivity index (χ0) is 19.4. The van der Waals surface area contributed by atoms with E-state index in [4.69, 9.17) is 16.3 Å². The Labute approximate surface area is 162 Å². The van der Waals surface area contributed by atoms with E-state index in [1.807, 2.05) is 32.0 Å². The van der Waals surface area contributed by atoms with Crippen molar-refractivity contribution in [1.82, 2.24) is 9.97 Å². The van der Waals surface area contributed by atoms with Crippen molar-refractivity contribution in [2.24, 2.45) is 0 Å². The van der Waals surface area contributed by atoms with E-state index in [-0.39, 0.29) is 17.5 Å². The van der Waals surface area contributed by atoms with Crippen molar-refractivity contribution in [3.05, 3.63) is 70.5 Å². The number of amides is 1. The predicted molar refractivity (Wildman–Crippen MR) is 107 cm³/mol. The molecule has 0 atom stereocenters. The lowest BCUT2D eigenvalue weighted by Gasteiger charge is -2.12. The Morgan fingerprint density at radius 2 is 1.93 bits per heavy atom. The molecule has 0 aliphatic heterocycles. The van der Waals surface area contributed by atoms with E-state index < -0.39 is 0 Å². The van der Waals surface area contributed by atoms with Crippen LogP contribution in [0.4, 0.5) is 17.3 Å². The van der Waals surface area contributed by atoms with Crippen LogP contribution in [0.1, 0.15) is 21.6 Å². The van der Waals surface area contributed by atoms with Gasteiger partial charge in [-0.1, -0.05) is 23.7 Å². The Morgan fingerprint density at radius 3 is 2.70 bits per heavy atom. The van der Waals surface area contributed by atoms with E-state index in [0.717, 1.165) is 16.8 Å². The number of hydrogen-bond acceptors (Lipinski definition) is 5.